The molecule has 1 aliphatic heterocycles. The van der Waals surface area contributed by atoms with Gasteiger partial charge in [-0.1, -0.05) is 11.6 Å². The second-order valence-electron chi connectivity index (χ2n) is 5.65. The molecule has 6 heteroatoms. The van der Waals surface area contributed by atoms with Crippen molar-refractivity contribution in [3.8, 4) is 5.75 Å². The number of aryl methyl sites for hydroxylation is 1. The van der Waals surface area contributed by atoms with Gasteiger partial charge in [0.2, 0.25) is 5.91 Å². The molecule has 1 N–H and O–H groups in total. The Morgan fingerprint density at radius 1 is 1.33 bits per heavy atom. The van der Waals surface area contributed by atoms with Gasteiger partial charge < -0.3 is 15.0 Å². The Bertz CT molecular complexity index is 599. The van der Waals surface area contributed by atoms with Gasteiger partial charge in [-0.25, -0.2) is 0 Å². The molecule has 1 aromatic rings. The minimum absolute atomic E-state index is 0.138. The summed E-state index contributed by atoms with van der Waals surface area (Å²) in [5.74, 6) is 0.206. The molecule has 21 heavy (non-hydrogen) atoms. The zero-order valence-electron chi connectivity index (χ0n) is 12.6. The largest absolute Gasteiger partial charge is 0.495 e. The van der Waals surface area contributed by atoms with E-state index in [0.29, 0.717) is 23.0 Å². The fourth-order valence-corrected chi connectivity index (χ4v) is 2.52. The molecule has 0 aliphatic carbocycles. The zero-order valence-corrected chi connectivity index (χ0v) is 13.4. The number of anilines is 1. The predicted molar refractivity (Wildman–Crippen MR) is 81.9 cm³/mol. The number of rotatable bonds is 2. The molecule has 0 spiro atoms. The van der Waals surface area contributed by atoms with Crippen LogP contribution in [0.25, 0.3) is 0 Å². The van der Waals surface area contributed by atoms with Gasteiger partial charge in [0, 0.05) is 24.1 Å². The van der Waals surface area contributed by atoms with E-state index in [4.69, 9.17) is 16.3 Å². The number of hydrogen-bond donors (Lipinski definition) is 1. The SMILES string of the molecule is COc1cc(Cl)c(C)cc1N1CCC(=O)NC(C)(C)C1=O. The van der Waals surface area contributed by atoms with E-state index in [1.807, 2.05) is 13.0 Å². The van der Waals surface area contributed by atoms with Gasteiger partial charge in [0.05, 0.1) is 12.8 Å². The smallest absolute Gasteiger partial charge is 0.252 e. The molecule has 0 radical (unpaired) electrons. The first-order valence-corrected chi connectivity index (χ1v) is 7.11. The van der Waals surface area contributed by atoms with E-state index in [9.17, 15) is 9.59 Å². The number of methoxy groups -OCH3 is 1. The number of halogens is 1. The highest BCUT2D eigenvalue weighted by molar-refractivity contribution is 6.31. The standard InChI is InChI=1S/C15H19ClN2O3/c1-9-7-11(12(21-4)8-10(9)16)18-6-5-13(19)17-15(2,3)14(18)20/h7-8H,5-6H2,1-4H3,(H,17,19). The Hall–Kier alpha value is -1.75. The molecule has 5 nitrogen and oxygen atoms in total. The molecule has 1 aromatic carbocycles. The van der Waals surface area contributed by atoms with Crippen molar-refractivity contribution in [2.75, 3.05) is 18.6 Å². The summed E-state index contributed by atoms with van der Waals surface area (Å²) in [6.45, 7) is 5.56. The van der Waals surface area contributed by atoms with Crippen LogP contribution < -0.4 is 15.0 Å². The lowest BCUT2D eigenvalue weighted by atomic mass is 10.0. The fraction of sp³-hybridized carbons (Fsp3) is 0.467. The third kappa shape index (κ3) is 2.97. The summed E-state index contributed by atoms with van der Waals surface area (Å²) in [5.41, 5.74) is 0.530. The van der Waals surface area contributed by atoms with Crippen molar-refractivity contribution in [3.05, 3.63) is 22.7 Å². The topological polar surface area (TPSA) is 58.6 Å². The fourth-order valence-electron chi connectivity index (χ4n) is 2.37. The lowest BCUT2D eigenvalue weighted by Crippen LogP contribution is -2.53. The van der Waals surface area contributed by atoms with Crippen LogP contribution in [0.3, 0.4) is 0 Å². The Labute approximate surface area is 129 Å². The van der Waals surface area contributed by atoms with Crippen LogP contribution >= 0.6 is 11.6 Å². The molecule has 114 valence electrons. The Morgan fingerprint density at radius 2 is 2.00 bits per heavy atom. The molecular formula is C15H19ClN2O3. The molecule has 0 atom stereocenters. The van der Waals surface area contributed by atoms with Gasteiger partial charge in [-0.05, 0) is 32.4 Å². The van der Waals surface area contributed by atoms with Gasteiger partial charge in [0.25, 0.3) is 5.91 Å². The van der Waals surface area contributed by atoms with E-state index in [1.165, 1.54) is 7.11 Å². The monoisotopic (exact) mass is 310 g/mol. The first-order valence-electron chi connectivity index (χ1n) is 6.73. The van der Waals surface area contributed by atoms with Crippen LogP contribution in [0.1, 0.15) is 25.8 Å². The first kappa shape index (κ1) is 15.6. The van der Waals surface area contributed by atoms with Crippen LogP contribution in [-0.2, 0) is 9.59 Å². The van der Waals surface area contributed by atoms with E-state index >= 15 is 0 Å². The van der Waals surface area contributed by atoms with Crippen LogP contribution in [0.5, 0.6) is 5.75 Å². The van der Waals surface area contributed by atoms with Crippen LogP contribution in [0, 0.1) is 6.92 Å². The quantitative estimate of drug-likeness (QED) is 0.912. The van der Waals surface area contributed by atoms with E-state index in [-0.39, 0.29) is 18.2 Å². The minimum Gasteiger partial charge on any atom is -0.495 e. The summed E-state index contributed by atoms with van der Waals surface area (Å²) in [6.07, 6.45) is 0.250. The number of amides is 2. The Kier molecular flexibility index (Phi) is 4.14. The van der Waals surface area contributed by atoms with Crippen molar-refractivity contribution in [1.82, 2.24) is 5.32 Å². The number of benzene rings is 1. The highest BCUT2D eigenvalue weighted by Crippen LogP contribution is 2.35. The minimum atomic E-state index is -0.952. The maximum absolute atomic E-state index is 12.7. The second kappa shape index (κ2) is 5.56. The third-order valence-electron chi connectivity index (χ3n) is 3.55. The summed E-state index contributed by atoms with van der Waals surface area (Å²) in [7, 11) is 1.53. The highest BCUT2D eigenvalue weighted by atomic mass is 35.5. The van der Waals surface area contributed by atoms with E-state index in [1.54, 1.807) is 24.8 Å². The lowest BCUT2D eigenvalue weighted by molar-refractivity contribution is -0.128. The van der Waals surface area contributed by atoms with Crippen LogP contribution in [0.15, 0.2) is 12.1 Å². The lowest BCUT2D eigenvalue weighted by Gasteiger charge is -2.30. The van der Waals surface area contributed by atoms with Crippen molar-refractivity contribution >= 4 is 29.1 Å². The van der Waals surface area contributed by atoms with Gasteiger partial charge in [-0.3, -0.25) is 9.59 Å². The zero-order chi connectivity index (χ0) is 15.8. The Balaban J connectivity index is 2.51. The Morgan fingerprint density at radius 3 is 2.62 bits per heavy atom. The van der Waals surface area contributed by atoms with Gasteiger partial charge in [-0.2, -0.15) is 0 Å². The molecular weight excluding hydrogens is 292 g/mol. The number of carbonyl (C=O) groups is 2. The molecule has 1 saturated heterocycles. The van der Waals surface area contributed by atoms with Crippen LogP contribution in [0.4, 0.5) is 5.69 Å². The van der Waals surface area contributed by atoms with Crippen molar-refractivity contribution < 1.29 is 14.3 Å². The number of hydrogen-bond acceptors (Lipinski definition) is 3. The van der Waals surface area contributed by atoms with Crippen molar-refractivity contribution in [1.29, 1.82) is 0 Å². The van der Waals surface area contributed by atoms with Gasteiger partial charge >= 0.3 is 0 Å². The molecule has 1 aliphatic rings. The number of carbonyl (C=O) groups excluding carboxylic acids is 2. The van der Waals surface area contributed by atoms with Crippen LogP contribution in [-0.4, -0.2) is 31.0 Å². The van der Waals surface area contributed by atoms with Gasteiger partial charge in [0.1, 0.15) is 11.3 Å². The number of nitrogens with one attached hydrogen (secondary N) is 1. The summed E-state index contributed by atoms with van der Waals surface area (Å²) in [4.78, 5) is 26.0. The molecule has 0 bridgehead atoms. The summed E-state index contributed by atoms with van der Waals surface area (Å²) < 4.78 is 5.33. The van der Waals surface area contributed by atoms with E-state index < -0.39 is 5.54 Å². The molecule has 0 unspecified atom stereocenters. The summed E-state index contributed by atoms with van der Waals surface area (Å²) >= 11 is 6.10. The van der Waals surface area contributed by atoms with Crippen molar-refractivity contribution in [2.45, 2.75) is 32.7 Å². The molecule has 0 saturated carbocycles. The predicted octanol–water partition coefficient (Wildman–Crippen LogP) is 2.29. The van der Waals surface area contributed by atoms with E-state index in [2.05, 4.69) is 5.32 Å². The normalized spacial score (nSPS) is 18.2. The summed E-state index contributed by atoms with van der Waals surface area (Å²) in [5, 5.41) is 3.31. The van der Waals surface area contributed by atoms with Gasteiger partial charge in [-0.15, -0.1) is 0 Å². The number of ether oxygens (including phenoxy) is 1. The van der Waals surface area contributed by atoms with E-state index in [0.717, 1.165) is 5.56 Å². The first-order chi connectivity index (χ1) is 9.76. The van der Waals surface area contributed by atoms with Crippen molar-refractivity contribution in [3.63, 3.8) is 0 Å². The maximum Gasteiger partial charge on any atom is 0.252 e. The molecule has 2 amide bonds. The average molecular weight is 311 g/mol. The average Bonchev–Trinajstić information content (AvgIpc) is 2.50. The molecule has 1 heterocycles. The molecule has 1 fully saturated rings. The van der Waals surface area contributed by atoms with Crippen LogP contribution in [0.2, 0.25) is 5.02 Å². The highest BCUT2D eigenvalue weighted by Gasteiger charge is 2.38. The third-order valence-corrected chi connectivity index (χ3v) is 3.95. The number of nitrogens with zero attached hydrogens (tertiary/aromatic N) is 1. The molecule has 0 aromatic heterocycles. The summed E-state index contributed by atoms with van der Waals surface area (Å²) in [6, 6.07) is 3.50. The maximum atomic E-state index is 12.7. The van der Waals surface area contributed by atoms with Gasteiger partial charge in [0.15, 0.2) is 0 Å². The van der Waals surface area contributed by atoms with Crippen molar-refractivity contribution in [2.24, 2.45) is 0 Å². The molecule has 2 rings (SSSR count). The second-order valence-corrected chi connectivity index (χ2v) is 6.06.